The van der Waals surface area contributed by atoms with Crippen molar-refractivity contribution in [1.29, 1.82) is 0 Å². The van der Waals surface area contributed by atoms with E-state index in [0.717, 1.165) is 15.6 Å². The quantitative estimate of drug-likeness (QED) is 0.537. The average Bonchev–Trinajstić information content (AvgIpc) is 3.32. The Balaban J connectivity index is 1.67. The number of ether oxygens (including phenoxy) is 2. The number of aliphatic carboxylic acids is 1. The standard InChI is InChI=1S/C23H15BrClNO4/c24-14-8-6-13(7-9-14)22-18(12-4-2-1-3-5-12)17(21(27)28)20-23(22,30-20)19-16(29-22)10-15(25)11-26-19/h1-11,17-18,20H,(H,27,28)/t17-,18-,20+,22+,23+/m1/s1. The summed E-state index contributed by atoms with van der Waals surface area (Å²) < 4.78 is 13.8. The number of halogens is 2. The van der Waals surface area contributed by atoms with Crippen molar-refractivity contribution in [3.8, 4) is 5.75 Å². The van der Waals surface area contributed by atoms with Crippen LogP contribution >= 0.6 is 27.5 Å². The normalized spacial score (nSPS) is 32.7. The highest BCUT2D eigenvalue weighted by molar-refractivity contribution is 9.10. The van der Waals surface area contributed by atoms with Crippen molar-refractivity contribution in [3.63, 3.8) is 0 Å². The zero-order valence-corrected chi connectivity index (χ0v) is 17.8. The molecule has 1 aromatic heterocycles. The van der Waals surface area contributed by atoms with Gasteiger partial charge in [-0.1, -0.05) is 70.0 Å². The Kier molecular flexibility index (Phi) is 3.71. The highest BCUT2D eigenvalue weighted by Crippen LogP contribution is 2.77. The van der Waals surface area contributed by atoms with Gasteiger partial charge in [-0.25, -0.2) is 0 Å². The molecule has 7 heteroatoms. The summed E-state index contributed by atoms with van der Waals surface area (Å²) in [5, 5.41) is 10.7. The lowest BCUT2D eigenvalue weighted by Crippen LogP contribution is -2.45. The van der Waals surface area contributed by atoms with Crippen LogP contribution in [0.3, 0.4) is 0 Å². The van der Waals surface area contributed by atoms with Gasteiger partial charge in [0.25, 0.3) is 0 Å². The molecule has 0 unspecified atom stereocenters. The lowest BCUT2D eigenvalue weighted by atomic mass is 9.72. The molecule has 0 radical (unpaired) electrons. The number of hydrogen-bond donors (Lipinski definition) is 1. The van der Waals surface area contributed by atoms with Crippen LogP contribution < -0.4 is 4.74 Å². The van der Waals surface area contributed by atoms with Crippen molar-refractivity contribution in [3.05, 3.63) is 93.2 Å². The molecule has 1 spiro atoms. The molecule has 1 aliphatic carbocycles. The minimum absolute atomic E-state index is 0.458. The zero-order valence-electron chi connectivity index (χ0n) is 15.5. The molecule has 150 valence electrons. The molecule has 3 aliphatic rings. The Labute approximate surface area is 185 Å². The minimum Gasteiger partial charge on any atom is -0.481 e. The van der Waals surface area contributed by atoms with Crippen LogP contribution in [0.1, 0.15) is 22.7 Å². The molecule has 1 saturated heterocycles. The molecule has 2 aliphatic heterocycles. The summed E-state index contributed by atoms with van der Waals surface area (Å²) in [6.07, 6.45) is 1.01. The number of carbonyl (C=O) groups is 1. The molecule has 1 saturated carbocycles. The fourth-order valence-electron chi connectivity index (χ4n) is 5.43. The van der Waals surface area contributed by atoms with Gasteiger partial charge in [-0.2, -0.15) is 0 Å². The van der Waals surface area contributed by atoms with Crippen LogP contribution in [0.5, 0.6) is 5.75 Å². The van der Waals surface area contributed by atoms with Gasteiger partial charge in [0, 0.05) is 22.7 Å². The molecule has 5 nitrogen and oxygen atoms in total. The molecule has 5 atom stereocenters. The second-order valence-corrected chi connectivity index (χ2v) is 9.22. The lowest BCUT2D eigenvalue weighted by Gasteiger charge is -2.38. The average molecular weight is 485 g/mol. The van der Waals surface area contributed by atoms with Crippen molar-refractivity contribution >= 4 is 33.5 Å². The third-order valence-electron chi connectivity index (χ3n) is 6.49. The maximum Gasteiger partial charge on any atom is 0.310 e. The Morgan fingerprint density at radius 2 is 1.83 bits per heavy atom. The number of hydrogen-bond acceptors (Lipinski definition) is 4. The number of nitrogens with zero attached hydrogens (tertiary/aromatic N) is 1. The Morgan fingerprint density at radius 3 is 2.53 bits per heavy atom. The number of benzene rings is 2. The van der Waals surface area contributed by atoms with Crippen molar-refractivity contribution in [2.75, 3.05) is 0 Å². The van der Waals surface area contributed by atoms with Crippen LogP contribution in [-0.2, 0) is 20.7 Å². The van der Waals surface area contributed by atoms with E-state index < -0.39 is 35.1 Å². The van der Waals surface area contributed by atoms with E-state index in [2.05, 4.69) is 20.9 Å². The van der Waals surface area contributed by atoms with Crippen LogP contribution in [0.4, 0.5) is 0 Å². The van der Waals surface area contributed by atoms with Gasteiger partial charge >= 0.3 is 5.97 Å². The topological polar surface area (TPSA) is 72.0 Å². The number of pyridine rings is 1. The highest BCUT2D eigenvalue weighted by atomic mass is 79.9. The van der Waals surface area contributed by atoms with E-state index in [1.54, 1.807) is 12.3 Å². The smallest absolute Gasteiger partial charge is 0.310 e. The molecule has 1 N–H and O–H groups in total. The predicted molar refractivity (Wildman–Crippen MR) is 113 cm³/mol. The molecule has 3 heterocycles. The van der Waals surface area contributed by atoms with E-state index in [4.69, 9.17) is 21.1 Å². The molecule has 30 heavy (non-hydrogen) atoms. The molecular weight excluding hydrogens is 470 g/mol. The molecule has 6 rings (SSSR count). The fourth-order valence-corrected chi connectivity index (χ4v) is 5.84. The van der Waals surface area contributed by atoms with E-state index in [1.165, 1.54) is 0 Å². The van der Waals surface area contributed by atoms with Crippen LogP contribution in [-0.4, -0.2) is 22.2 Å². The van der Waals surface area contributed by atoms with Gasteiger partial charge in [0.05, 0.1) is 10.9 Å². The van der Waals surface area contributed by atoms with Gasteiger partial charge < -0.3 is 14.6 Å². The van der Waals surface area contributed by atoms with E-state index >= 15 is 0 Å². The maximum absolute atomic E-state index is 12.5. The van der Waals surface area contributed by atoms with Gasteiger partial charge in [-0.05, 0) is 23.3 Å². The summed E-state index contributed by atoms with van der Waals surface area (Å²) in [6, 6.07) is 19.1. The van der Waals surface area contributed by atoms with Gasteiger partial charge in [-0.15, -0.1) is 0 Å². The van der Waals surface area contributed by atoms with E-state index in [1.807, 2.05) is 54.6 Å². The van der Waals surface area contributed by atoms with Crippen LogP contribution in [0, 0.1) is 5.92 Å². The van der Waals surface area contributed by atoms with Crippen molar-refractivity contribution < 1.29 is 19.4 Å². The molecule has 2 fully saturated rings. The van der Waals surface area contributed by atoms with Gasteiger partial charge in [0.1, 0.15) is 17.5 Å². The monoisotopic (exact) mass is 483 g/mol. The third kappa shape index (κ3) is 2.11. The largest absolute Gasteiger partial charge is 0.481 e. The lowest BCUT2D eigenvalue weighted by molar-refractivity contribution is -0.146. The molecule has 0 amide bonds. The van der Waals surface area contributed by atoms with Crippen molar-refractivity contribution in [1.82, 2.24) is 4.98 Å². The number of aromatic nitrogens is 1. The number of epoxide rings is 1. The van der Waals surface area contributed by atoms with E-state index in [0.29, 0.717) is 16.5 Å². The Bertz CT molecular complexity index is 1190. The van der Waals surface area contributed by atoms with Crippen LogP contribution in [0.15, 0.2) is 71.3 Å². The predicted octanol–water partition coefficient (Wildman–Crippen LogP) is 4.88. The Morgan fingerprint density at radius 1 is 1.10 bits per heavy atom. The summed E-state index contributed by atoms with van der Waals surface area (Å²) in [4.78, 5) is 17.0. The molecule has 2 aromatic carbocycles. The molecular formula is C23H15BrClNO4. The minimum atomic E-state index is -1.07. The van der Waals surface area contributed by atoms with Crippen molar-refractivity contribution in [2.24, 2.45) is 5.92 Å². The first-order valence-corrected chi connectivity index (χ1v) is 10.7. The first-order valence-electron chi connectivity index (χ1n) is 9.56. The van der Waals surface area contributed by atoms with E-state index in [-0.39, 0.29) is 0 Å². The number of rotatable bonds is 3. The van der Waals surface area contributed by atoms with Gasteiger partial charge in [0.2, 0.25) is 0 Å². The van der Waals surface area contributed by atoms with Crippen LogP contribution in [0.25, 0.3) is 0 Å². The fraction of sp³-hybridized carbons (Fsp3) is 0.217. The summed E-state index contributed by atoms with van der Waals surface area (Å²) in [6.45, 7) is 0. The summed E-state index contributed by atoms with van der Waals surface area (Å²) >= 11 is 9.69. The summed E-state index contributed by atoms with van der Waals surface area (Å²) in [7, 11) is 0. The van der Waals surface area contributed by atoms with Gasteiger partial charge in [-0.3, -0.25) is 9.78 Å². The van der Waals surface area contributed by atoms with Crippen molar-refractivity contribution in [2.45, 2.75) is 23.2 Å². The molecule has 3 aromatic rings. The third-order valence-corrected chi connectivity index (χ3v) is 7.23. The first-order chi connectivity index (χ1) is 14.5. The number of carboxylic acids is 1. The Hall–Kier alpha value is -2.41. The highest BCUT2D eigenvalue weighted by Gasteiger charge is 2.88. The van der Waals surface area contributed by atoms with Gasteiger partial charge in [0.15, 0.2) is 11.2 Å². The summed E-state index contributed by atoms with van der Waals surface area (Å²) in [5.74, 6) is -1.61. The second-order valence-electron chi connectivity index (χ2n) is 7.87. The zero-order chi connectivity index (χ0) is 20.7. The van der Waals surface area contributed by atoms with E-state index in [9.17, 15) is 9.90 Å². The number of carboxylic acid groups (broad SMARTS) is 1. The van der Waals surface area contributed by atoms with Crippen LogP contribution in [0.2, 0.25) is 5.02 Å². The SMILES string of the molecule is O=C(O)[C@@H]1[C@@H](c2ccccc2)[C@]2(c3ccc(Br)cc3)Oc3cc(Cl)cnc3[C@@]23O[C@@H]13. The first kappa shape index (κ1) is 18.4. The number of fused-ring (bicyclic) bond motifs is 1. The molecule has 0 bridgehead atoms. The summed E-state index contributed by atoms with van der Waals surface area (Å²) in [5.41, 5.74) is 0.318. The maximum atomic E-state index is 12.5. The second kappa shape index (κ2) is 6.06.